The molecule has 0 spiro atoms. The highest BCUT2D eigenvalue weighted by Crippen LogP contribution is 2.27. The van der Waals surface area contributed by atoms with Crippen molar-refractivity contribution in [2.75, 3.05) is 12.4 Å². The van der Waals surface area contributed by atoms with Gasteiger partial charge in [0.15, 0.2) is 0 Å². The molecule has 0 saturated carbocycles. The second-order valence-electron chi connectivity index (χ2n) is 3.62. The number of nitrogens with zero attached hydrogens (tertiary/aromatic N) is 1. The number of hydrogen-bond donors (Lipinski definition) is 1. The Labute approximate surface area is 103 Å². The first-order valence-electron chi connectivity index (χ1n) is 5.35. The van der Waals surface area contributed by atoms with Crippen LogP contribution in [-0.2, 0) is 17.0 Å². The molecule has 1 aromatic rings. The normalized spacial score (nSPS) is 14.2. The van der Waals surface area contributed by atoms with E-state index in [9.17, 15) is 9.59 Å². The van der Waals surface area contributed by atoms with Gasteiger partial charge in [-0.3, -0.25) is 0 Å². The number of hydrogen-bond acceptors (Lipinski definition) is 4. The Morgan fingerprint density at radius 3 is 3.00 bits per heavy atom. The van der Waals surface area contributed by atoms with Gasteiger partial charge >= 0.3 is 11.9 Å². The third-order valence-electron chi connectivity index (χ3n) is 2.62. The van der Waals surface area contributed by atoms with Gasteiger partial charge in [0.1, 0.15) is 5.69 Å². The lowest BCUT2D eigenvalue weighted by Crippen LogP contribution is -2.17. The fourth-order valence-corrected chi connectivity index (χ4v) is 2.85. The summed E-state index contributed by atoms with van der Waals surface area (Å²) in [5.41, 5.74) is 1.32. The zero-order valence-corrected chi connectivity index (χ0v) is 10.2. The average molecular weight is 255 g/mol. The summed E-state index contributed by atoms with van der Waals surface area (Å²) in [6.45, 7) is 2.65. The van der Waals surface area contributed by atoms with E-state index in [4.69, 9.17) is 9.84 Å². The van der Waals surface area contributed by atoms with Crippen molar-refractivity contribution in [3.63, 3.8) is 0 Å². The predicted octanol–water partition coefficient (Wildman–Crippen LogP) is 1.61. The zero-order valence-electron chi connectivity index (χ0n) is 9.43. The molecule has 17 heavy (non-hydrogen) atoms. The maximum atomic E-state index is 11.7. The molecule has 0 aliphatic carbocycles. The molecule has 92 valence electrons. The van der Waals surface area contributed by atoms with Gasteiger partial charge in [0.05, 0.1) is 12.2 Å². The second kappa shape index (κ2) is 4.83. The third-order valence-corrected chi connectivity index (χ3v) is 3.57. The SMILES string of the molecule is CCOC(=O)c1cc(C(=O)O)n2c1CSCC2. The number of carbonyl (C=O) groups excluding carboxylic acids is 1. The van der Waals surface area contributed by atoms with Crippen LogP contribution in [0.4, 0.5) is 0 Å². The first-order valence-corrected chi connectivity index (χ1v) is 6.51. The number of rotatable bonds is 3. The van der Waals surface area contributed by atoms with E-state index in [1.54, 1.807) is 23.3 Å². The van der Waals surface area contributed by atoms with Gasteiger partial charge in [-0.25, -0.2) is 9.59 Å². The summed E-state index contributed by atoms with van der Waals surface area (Å²) in [7, 11) is 0. The molecule has 0 radical (unpaired) electrons. The highest BCUT2D eigenvalue weighted by atomic mass is 32.2. The van der Waals surface area contributed by atoms with Gasteiger partial charge in [0.25, 0.3) is 0 Å². The molecule has 5 nitrogen and oxygen atoms in total. The van der Waals surface area contributed by atoms with E-state index in [1.807, 2.05) is 0 Å². The molecule has 2 rings (SSSR count). The minimum absolute atomic E-state index is 0.170. The van der Waals surface area contributed by atoms with E-state index in [2.05, 4.69) is 0 Å². The molecule has 0 aromatic carbocycles. The van der Waals surface area contributed by atoms with E-state index >= 15 is 0 Å². The maximum absolute atomic E-state index is 11.7. The monoisotopic (exact) mass is 255 g/mol. The summed E-state index contributed by atoms with van der Waals surface area (Å²) in [6, 6.07) is 1.42. The molecule has 2 heterocycles. The summed E-state index contributed by atoms with van der Waals surface area (Å²) >= 11 is 1.69. The minimum Gasteiger partial charge on any atom is -0.477 e. The Bertz CT molecular complexity index is 466. The molecule has 0 unspecified atom stereocenters. The second-order valence-corrected chi connectivity index (χ2v) is 4.72. The molecule has 0 amide bonds. The Morgan fingerprint density at radius 2 is 2.35 bits per heavy atom. The molecule has 0 atom stereocenters. The van der Waals surface area contributed by atoms with Crippen LogP contribution in [0.25, 0.3) is 0 Å². The van der Waals surface area contributed by atoms with E-state index in [1.165, 1.54) is 6.07 Å². The number of aromatic carboxylic acids is 1. The number of fused-ring (bicyclic) bond motifs is 1. The van der Waals surface area contributed by atoms with Gasteiger partial charge in [0, 0.05) is 23.7 Å². The molecule has 0 saturated heterocycles. The zero-order chi connectivity index (χ0) is 12.4. The molecular formula is C11H13NO4S. The van der Waals surface area contributed by atoms with Crippen molar-refractivity contribution < 1.29 is 19.4 Å². The van der Waals surface area contributed by atoms with Gasteiger partial charge < -0.3 is 14.4 Å². The lowest BCUT2D eigenvalue weighted by molar-refractivity contribution is 0.0525. The Kier molecular flexibility index (Phi) is 3.42. The van der Waals surface area contributed by atoms with Crippen LogP contribution in [0.5, 0.6) is 0 Å². The van der Waals surface area contributed by atoms with Crippen LogP contribution in [0, 0.1) is 0 Å². The van der Waals surface area contributed by atoms with Crippen molar-refractivity contribution in [2.45, 2.75) is 19.2 Å². The van der Waals surface area contributed by atoms with Gasteiger partial charge in [0.2, 0.25) is 0 Å². The smallest absolute Gasteiger partial charge is 0.352 e. The van der Waals surface area contributed by atoms with Crippen LogP contribution in [0.1, 0.15) is 33.5 Å². The van der Waals surface area contributed by atoms with E-state index in [0.717, 1.165) is 11.4 Å². The molecule has 1 aliphatic rings. The number of esters is 1. The van der Waals surface area contributed by atoms with Crippen molar-refractivity contribution in [3.8, 4) is 0 Å². The van der Waals surface area contributed by atoms with E-state index in [-0.39, 0.29) is 5.69 Å². The van der Waals surface area contributed by atoms with Crippen molar-refractivity contribution >= 4 is 23.7 Å². The Hall–Kier alpha value is -1.43. The summed E-state index contributed by atoms with van der Waals surface area (Å²) < 4.78 is 6.63. The lowest BCUT2D eigenvalue weighted by atomic mass is 10.2. The van der Waals surface area contributed by atoms with Crippen molar-refractivity contribution in [1.82, 2.24) is 4.57 Å². The van der Waals surface area contributed by atoms with Crippen molar-refractivity contribution in [2.24, 2.45) is 0 Å². The van der Waals surface area contributed by atoms with Gasteiger partial charge in [-0.1, -0.05) is 0 Å². The molecule has 0 bridgehead atoms. The van der Waals surface area contributed by atoms with Crippen LogP contribution in [0.2, 0.25) is 0 Å². The van der Waals surface area contributed by atoms with E-state index < -0.39 is 11.9 Å². The molecule has 1 aliphatic heterocycles. The predicted molar refractivity (Wildman–Crippen MR) is 63.5 cm³/mol. The fraction of sp³-hybridized carbons (Fsp3) is 0.455. The van der Waals surface area contributed by atoms with Crippen LogP contribution < -0.4 is 0 Å². The van der Waals surface area contributed by atoms with Crippen LogP contribution >= 0.6 is 11.8 Å². The highest BCUT2D eigenvalue weighted by Gasteiger charge is 2.25. The number of carboxylic acid groups (broad SMARTS) is 1. The summed E-state index contributed by atoms with van der Waals surface area (Å²) in [4.78, 5) is 22.8. The molecular weight excluding hydrogens is 242 g/mol. The maximum Gasteiger partial charge on any atom is 0.352 e. The van der Waals surface area contributed by atoms with Gasteiger partial charge in [-0.15, -0.1) is 0 Å². The van der Waals surface area contributed by atoms with Crippen LogP contribution in [0.15, 0.2) is 6.07 Å². The Balaban J connectivity index is 2.45. The average Bonchev–Trinajstić information content (AvgIpc) is 2.69. The van der Waals surface area contributed by atoms with Gasteiger partial charge in [-0.05, 0) is 13.0 Å². The van der Waals surface area contributed by atoms with Crippen molar-refractivity contribution in [1.29, 1.82) is 0 Å². The molecule has 1 N–H and O–H groups in total. The quantitative estimate of drug-likeness (QED) is 0.831. The highest BCUT2D eigenvalue weighted by molar-refractivity contribution is 7.98. The molecule has 0 fully saturated rings. The number of carbonyl (C=O) groups is 2. The van der Waals surface area contributed by atoms with Crippen molar-refractivity contribution in [3.05, 3.63) is 23.0 Å². The molecule has 1 aromatic heterocycles. The largest absolute Gasteiger partial charge is 0.477 e. The summed E-state index contributed by atoms with van der Waals surface area (Å²) in [6.07, 6.45) is 0. The molecule has 6 heteroatoms. The van der Waals surface area contributed by atoms with Crippen LogP contribution in [0.3, 0.4) is 0 Å². The third kappa shape index (κ3) is 2.17. The fourth-order valence-electron chi connectivity index (χ4n) is 1.89. The first kappa shape index (κ1) is 12.0. The lowest BCUT2D eigenvalue weighted by Gasteiger charge is -2.17. The minimum atomic E-state index is -1.01. The number of aromatic nitrogens is 1. The van der Waals surface area contributed by atoms with Gasteiger partial charge in [-0.2, -0.15) is 11.8 Å². The number of carboxylic acids is 1. The summed E-state index contributed by atoms with van der Waals surface area (Å²) in [5.74, 6) is 0.0750. The topological polar surface area (TPSA) is 68.5 Å². The van der Waals surface area contributed by atoms with E-state index in [0.29, 0.717) is 24.5 Å². The standard InChI is InChI=1S/C11H13NO4S/c1-2-16-11(15)7-5-8(10(13)14)12-3-4-17-6-9(7)12/h5H,2-4,6H2,1H3,(H,13,14). The number of thioether (sulfide) groups is 1. The first-order chi connectivity index (χ1) is 8.15. The summed E-state index contributed by atoms with van der Waals surface area (Å²) in [5, 5.41) is 9.09. The Morgan fingerprint density at radius 1 is 1.59 bits per heavy atom. The van der Waals surface area contributed by atoms with Crippen LogP contribution in [-0.4, -0.2) is 34.0 Å². The number of ether oxygens (including phenoxy) is 1.